The van der Waals surface area contributed by atoms with Crippen LogP contribution >= 0.6 is 0 Å². The second-order valence-corrected chi connectivity index (χ2v) is 15.3. The molecule has 2 aromatic rings. The smallest absolute Gasteiger partial charge is 0.410 e. The number of ether oxygens (including phenoxy) is 2. The number of nitrogens with zero attached hydrogens (tertiary/aromatic N) is 5. The van der Waals surface area contributed by atoms with Crippen LogP contribution in [0.3, 0.4) is 0 Å². The first-order valence-corrected chi connectivity index (χ1v) is 19.3. The van der Waals surface area contributed by atoms with E-state index in [9.17, 15) is 24.3 Å². The summed E-state index contributed by atoms with van der Waals surface area (Å²) >= 11 is 0. The molecule has 0 spiro atoms. The summed E-state index contributed by atoms with van der Waals surface area (Å²) in [5.41, 5.74) is 4.20. The monoisotopic (exact) mass is 732 g/mol. The van der Waals surface area contributed by atoms with E-state index in [1.54, 1.807) is 4.90 Å². The third-order valence-electron chi connectivity index (χ3n) is 11.2. The zero-order valence-corrected chi connectivity index (χ0v) is 31.7. The number of esters is 1. The molecule has 4 aliphatic rings. The summed E-state index contributed by atoms with van der Waals surface area (Å²) in [5.74, 6) is -0.174. The molecule has 4 amide bonds. The molecule has 3 saturated heterocycles. The number of carbonyl (C=O) groups is 4. The Morgan fingerprint density at radius 2 is 1.45 bits per heavy atom. The summed E-state index contributed by atoms with van der Waals surface area (Å²) in [4.78, 5) is 63.1. The van der Waals surface area contributed by atoms with E-state index in [1.165, 1.54) is 0 Å². The number of aromatic hydroxyl groups is 1. The molecule has 4 heterocycles. The van der Waals surface area contributed by atoms with Crippen molar-refractivity contribution in [3.63, 3.8) is 0 Å². The number of hydrogen-bond acceptors (Lipinski definition) is 9. The van der Waals surface area contributed by atoms with Gasteiger partial charge in [0.25, 0.3) is 5.91 Å². The predicted octanol–water partition coefficient (Wildman–Crippen LogP) is 4.17. The van der Waals surface area contributed by atoms with Crippen LogP contribution in [0.2, 0.25) is 0 Å². The fraction of sp³-hybridized carbons (Fsp3) is 0.600. The summed E-state index contributed by atoms with van der Waals surface area (Å²) in [5, 5.41) is 13.4. The SMILES string of the molecule is Cc1cc(C[C@@H](OC(=O)N2CCC(N3CCc4ccccc4NC3=O)CC2)C(=O)N2CCC(N3CCN(CC(=O)OC(C)C)CC3)CC2)cc(C)c1O. The summed E-state index contributed by atoms with van der Waals surface area (Å²) in [6, 6.07) is 11.8. The molecule has 2 aromatic carbocycles. The third kappa shape index (κ3) is 9.61. The fourth-order valence-corrected chi connectivity index (χ4v) is 8.28. The highest BCUT2D eigenvalue weighted by Gasteiger charge is 2.37. The number of nitrogens with one attached hydrogen (secondary N) is 1. The average molecular weight is 733 g/mol. The highest BCUT2D eigenvalue weighted by atomic mass is 16.6. The molecule has 3 fully saturated rings. The van der Waals surface area contributed by atoms with Crippen molar-refractivity contribution < 1.29 is 33.8 Å². The summed E-state index contributed by atoms with van der Waals surface area (Å²) in [6.07, 6.45) is 2.21. The molecule has 0 bridgehead atoms. The molecule has 288 valence electrons. The van der Waals surface area contributed by atoms with Crippen LogP contribution in [0.25, 0.3) is 0 Å². The van der Waals surface area contributed by atoms with Gasteiger partial charge in [-0.05, 0) is 88.1 Å². The molecule has 0 saturated carbocycles. The molecule has 2 N–H and O–H groups in total. The van der Waals surface area contributed by atoms with E-state index < -0.39 is 12.2 Å². The van der Waals surface area contributed by atoms with Gasteiger partial charge in [0.15, 0.2) is 6.10 Å². The lowest BCUT2D eigenvalue weighted by Crippen LogP contribution is -2.55. The van der Waals surface area contributed by atoms with Crippen molar-refractivity contribution in [3.8, 4) is 5.75 Å². The molecular formula is C40H56N6O7. The number of anilines is 1. The van der Waals surface area contributed by atoms with Crippen LogP contribution < -0.4 is 5.32 Å². The van der Waals surface area contributed by atoms with Gasteiger partial charge in [-0.15, -0.1) is 0 Å². The van der Waals surface area contributed by atoms with Gasteiger partial charge in [-0.1, -0.05) is 30.3 Å². The zero-order chi connectivity index (χ0) is 37.6. The number of piperidine rings is 2. The molecular weight excluding hydrogens is 676 g/mol. The van der Waals surface area contributed by atoms with E-state index >= 15 is 0 Å². The Labute approximate surface area is 313 Å². The fourth-order valence-electron chi connectivity index (χ4n) is 8.28. The molecule has 0 aliphatic carbocycles. The minimum Gasteiger partial charge on any atom is -0.507 e. The first-order valence-electron chi connectivity index (χ1n) is 19.3. The summed E-state index contributed by atoms with van der Waals surface area (Å²) < 4.78 is 11.4. The van der Waals surface area contributed by atoms with Crippen LogP contribution in [-0.2, 0) is 31.9 Å². The maximum atomic E-state index is 14.1. The molecule has 0 radical (unpaired) electrons. The Morgan fingerprint density at radius 1 is 0.830 bits per heavy atom. The molecule has 0 aromatic heterocycles. The van der Waals surface area contributed by atoms with Crippen molar-refractivity contribution in [1.29, 1.82) is 0 Å². The lowest BCUT2D eigenvalue weighted by molar-refractivity contribution is -0.149. The standard InChI is InChI=1S/C40H56N6O7/c1-27(2)52-36(47)26-42-19-21-43(22-20-42)32-10-14-44(15-11-32)38(49)35(25-30-23-28(3)37(48)29(4)24-30)53-40(51)45-16-12-33(13-17-45)46-18-9-31-7-5-6-8-34(31)41-39(46)50/h5-8,23-24,27,32-33,35,48H,9-22,25-26H2,1-4H3,(H,41,50)/t35-/m1/s1. The first-order chi connectivity index (χ1) is 25.4. The number of benzene rings is 2. The molecule has 0 unspecified atom stereocenters. The second-order valence-electron chi connectivity index (χ2n) is 15.3. The molecule has 6 rings (SSSR count). The molecule has 1 atom stereocenters. The zero-order valence-electron chi connectivity index (χ0n) is 31.7. The van der Waals surface area contributed by atoms with Crippen LogP contribution in [0, 0.1) is 13.8 Å². The average Bonchev–Trinajstić information content (AvgIpc) is 3.31. The number of hydrogen-bond donors (Lipinski definition) is 2. The van der Waals surface area contributed by atoms with E-state index in [2.05, 4.69) is 15.1 Å². The molecule has 13 heteroatoms. The van der Waals surface area contributed by atoms with E-state index in [0.29, 0.717) is 69.3 Å². The summed E-state index contributed by atoms with van der Waals surface area (Å²) in [6.45, 7) is 13.6. The number of carbonyl (C=O) groups excluding carboxylic acids is 4. The first kappa shape index (κ1) is 38.4. The maximum Gasteiger partial charge on any atom is 0.410 e. The van der Waals surface area contributed by atoms with Gasteiger partial charge in [0, 0.05) is 83.1 Å². The van der Waals surface area contributed by atoms with E-state index in [1.807, 2.05) is 73.9 Å². The number of phenolic OH excluding ortho intramolecular Hbond substituents is 1. The normalized spacial score (nSPS) is 20.1. The molecule has 53 heavy (non-hydrogen) atoms. The quantitative estimate of drug-likeness (QED) is 0.365. The van der Waals surface area contributed by atoms with Gasteiger partial charge in [0.2, 0.25) is 0 Å². The number of urea groups is 1. The lowest BCUT2D eigenvalue weighted by Gasteiger charge is -2.43. The number of fused-ring (bicyclic) bond motifs is 1. The van der Waals surface area contributed by atoms with Gasteiger partial charge < -0.3 is 34.6 Å². The van der Waals surface area contributed by atoms with Crippen molar-refractivity contribution in [2.75, 3.05) is 70.8 Å². The maximum absolute atomic E-state index is 14.1. The number of phenols is 1. The van der Waals surface area contributed by atoms with E-state index in [0.717, 1.165) is 62.3 Å². The van der Waals surface area contributed by atoms with Gasteiger partial charge in [-0.3, -0.25) is 19.4 Å². The summed E-state index contributed by atoms with van der Waals surface area (Å²) in [7, 11) is 0. The van der Waals surface area contributed by atoms with Crippen LogP contribution in [0.4, 0.5) is 15.3 Å². The number of rotatable bonds is 9. The van der Waals surface area contributed by atoms with Crippen molar-refractivity contribution in [3.05, 3.63) is 58.7 Å². The minimum absolute atomic E-state index is 0.000561. The van der Waals surface area contributed by atoms with Gasteiger partial charge in [-0.25, -0.2) is 9.59 Å². The van der Waals surface area contributed by atoms with Crippen LogP contribution in [0.5, 0.6) is 5.75 Å². The number of likely N-dealkylation sites (tertiary alicyclic amines) is 2. The van der Waals surface area contributed by atoms with E-state index in [-0.39, 0.29) is 42.2 Å². The van der Waals surface area contributed by atoms with Gasteiger partial charge in [-0.2, -0.15) is 0 Å². The Hall–Kier alpha value is -4.36. The number of piperazine rings is 1. The predicted molar refractivity (Wildman–Crippen MR) is 201 cm³/mol. The van der Waals surface area contributed by atoms with Crippen molar-refractivity contribution >= 4 is 29.7 Å². The number of aryl methyl sites for hydroxylation is 2. The van der Waals surface area contributed by atoms with Gasteiger partial charge in [0.1, 0.15) is 5.75 Å². The van der Waals surface area contributed by atoms with Crippen molar-refractivity contribution in [2.45, 2.75) is 90.5 Å². The number of amides is 4. The Bertz CT molecular complexity index is 1600. The highest BCUT2D eigenvalue weighted by Crippen LogP contribution is 2.28. The van der Waals surface area contributed by atoms with Crippen LogP contribution in [-0.4, -0.2) is 143 Å². The molecule has 13 nitrogen and oxygen atoms in total. The van der Waals surface area contributed by atoms with Crippen LogP contribution in [0.15, 0.2) is 36.4 Å². The topological polar surface area (TPSA) is 135 Å². The van der Waals surface area contributed by atoms with E-state index in [4.69, 9.17) is 9.47 Å². The van der Waals surface area contributed by atoms with Gasteiger partial charge >= 0.3 is 18.1 Å². The Balaban J connectivity index is 1.04. The lowest BCUT2D eigenvalue weighted by atomic mass is 9.98. The second kappa shape index (κ2) is 17.2. The van der Waals surface area contributed by atoms with Crippen molar-refractivity contribution in [1.82, 2.24) is 24.5 Å². The third-order valence-corrected chi connectivity index (χ3v) is 11.2. The molecule has 4 aliphatic heterocycles. The minimum atomic E-state index is -1.01. The highest BCUT2D eigenvalue weighted by molar-refractivity contribution is 5.91. The Kier molecular flexibility index (Phi) is 12.4. The Morgan fingerprint density at radius 3 is 2.11 bits per heavy atom. The van der Waals surface area contributed by atoms with Gasteiger partial charge in [0.05, 0.1) is 12.6 Å². The van der Waals surface area contributed by atoms with Crippen LogP contribution in [0.1, 0.15) is 61.8 Å². The largest absolute Gasteiger partial charge is 0.507 e. The number of para-hydroxylation sites is 1. The van der Waals surface area contributed by atoms with Crippen molar-refractivity contribution in [2.24, 2.45) is 0 Å².